The normalized spacial score (nSPS) is 29.3. The minimum atomic E-state index is -0.444. The van der Waals surface area contributed by atoms with Crippen LogP contribution in [0.1, 0.15) is 26.7 Å². The third kappa shape index (κ3) is 2.08. The van der Waals surface area contributed by atoms with Crippen molar-refractivity contribution in [3.63, 3.8) is 0 Å². The van der Waals surface area contributed by atoms with Gasteiger partial charge < -0.3 is 11.1 Å². The lowest BCUT2D eigenvalue weighted by molar-refractivity contribution is 0.434. The van der Waals surface area contributed by atoms with E-state index in [0.29, 0.717) is 11.8 Å². The maximum atomic E-state index is 13.4. The van der Waals surface area contributed by atoms with Gasteiger partial charge in [0.05, 0.1) is 6.20 Å². The number of rotatable bonds is 2. The molecule has 0 aliphatic heterocycles. The standard InChI is InChI=1S/C11H17FN4/c1-6-3-4-9(7(6)2)15-10-8(12)5-14-11(13)16-10/h5-7,9H,3-4H2,1-2H3,(H3,13,14,15,16). The first kappa shape index (κ1) is 11.1. The third-order valence-corrected chi connectivity index (χ3v) is 3.55. The molecule has 0 spiro atoms. The van der Waals surface area contributed by atoms with Crippen LogP contribution in [0.2, 0.25) is 0 Å². The number of halogens is 1. The molecular formula is C11H17FN4. The van der Waals surface area contributed by atoms with Crippen molar-refractivity contribution in [3.8, 4) is 0 Å². The van der Waals surface area contributed by atoms with Gasteiger partial charge in [0, 0.05) is 6.04 Å². The minimum Gasteiger partial charge on any atom is -0.368 e. The molecule has 3 atom stereocenters. The fourth-order valence-corrected chi connectivity index (χ4v) is 2.23. The van der Waals surface area contributed by atoms with Crippen molar-refractivity contribution < 1.29 is 4.39 Å². The van der Waals surface area contributed by atoms with Gasteiger partial charge in [-0.1, -0.05) is 13.8 Å². The van der Waals surface area contributed by atoms with Gasteiger partial charge in [0.2, 0.25) is 5.95 Å². The first-order valence-electron chi connectivity index (χ1n) is 5.62. The summed E-state index contributed by atoms with van der Waals surface area (Å²) in [6.45, 7) is 4.40. The summed E-state index contributed by atoms with van der Waals surface area (Å²) < 4.78 is 13.4. The zero-order chi connectivity index (χ0) is 11.7. The topological polar surface area (TPSA) is 63.8 Å². The monoisotopic (exact) mass is 224 g/mol. The lowest BCUT2D eigenvalue weighted by Crippen LogP contribution is -2.25. The number of nitrogen functional groups attached to an aromatic ring is 1. The smallest absolute Gasteiger partial charge is 0.222 e. The highest BCUT2D eigenvalue weighted by Crippen LogP contribution is 2.33. The highest BCUT2D eigenvalue weighted by Gasteiger charge is 2.30. The van der Waals surface area contributed by atoms with Gasteiger partial charge in [0.1, 0.15) is 0 Å². The Bertz CT molecular complexity index is 382. The summed E-state index contributed by atoms with van der Waals surface area (Å²) in [7, 11) is 0. The molecule has 1 aromatic heterocycles. The predicted octanol–water partition coefficient (Wildman–Crippen LogP) is 2.04. The van der Waals surface area contributed by atoms with E-state index in [-0.39, 0.29) is 17.8 Å². The highest BCUT2D eigenvalue weighted by atomic mass is 19.1. The summed E-state index contributed by atoms with van der Waals surface area (Å²) in [6, 6.07) is 0.277. The van der Waals surface area contributed by atoms with Crippen LogP contribution in [0.15, 0.2) is 6.20 Å². The summed E-state index contributed by atoms with van der Waals surface area (Å²) in [4.78, 5) is 7.48. The zero-order valence-electron chi connectivity index (χ0n) is 9.57. The predicted molar refractivity (Wildman–Crippen MR) is 61.4 cm³/mol. The Kier molecular flexibility index (Phi) is 2.94. The van der Waals surface area contributed by atoms with Crippen LogP contribution in [-0.4, -0.2) is 16.0 Å². The van der Waals surface area contributed by atoms with Gasteiger partial charge in [-0.2, -0.15) is 4.98 Å². The number of nitrogens with one attached hydrogen (secondary N) is 1. The van der Waals surface area contributed by atoms with Crippen LogP contribution in [0.3, 0.4) is 0 Å². The molecule has 88 valence electrons. The van der Waals surface area contributed by atoms with E-state index in [4.69, 9.17) is 5.73 Å². The van der Waals surface area contributed by atoms with Crippen LogP contribution in [0.4, 0.5) is 16.2 Å². The summed E-state index contributed by atoms with van der Waals surface area (Å²) in [5, 5.41) is 3.12. The molecule has 4 nitrogen and oxygen atoms in total. The highest BCUT2D eigenvalue weighted by molar-refractivity contribution is 5.40. The van der Waals surface area contributed by atoms with Gasteiger partial charge in [0.25, 0.3) is 0 Å². The van der Waals surface area contributed by atoms with Crippen LogP contribution in [0, 0.1) is 17.7 Å². The molecule has 0 amide bonds. The van der Waals surface area contributed by atoms with Crippen molar-refractivity contribution in [1.29, 1.82) is 0 Å². The number of anilines is 2. The maximum Gasteiger partial charge on any atom is 0.222 e. The fourth-order valence-electron chi connectivity index (χ4n) is 2.23. The van der Waals surface area contributed by atoms with Crippen LogP contribution >= 0.6 is 0 Å². The second-order valence-corrected chi connectivity index (χ2v) is 4.59. The van der Waals surface area contributed by atoms with E-state index >= 15 is 0 Å². The molecule has 1 fully saturated rings. The largest absolute Gasteiger partial charge is 0.368 e. The van der Waals surface area contributed by atoms with E-state index in [9.17, 15) is 4.39 Å². The molecule has 5 heteroatoms. The molecule has 2 rings (SSSR count). The van der Waals surface area contributed by atoms with Gasteiger partial charge in [0.15, 0.2) is 11.6 Å². The Morgan fingerprint density at radius 2 is 2.19 bits per heavy atom. The number of hydrogen-bond donors (Lipinski definition) is 2. The molecule has 16 heavy (non-hydrogen) atoms. The average molecular weight is 224 g/mol. The Balaban J connectivity index is 2.12. The lowest BCUT2D eigenvalue weighted by atomic mass is 9.98. The summed E-state index contributed by atoms with van der Waals surface area (Å²) in [6.07, 6.45) is 3.32. The molecule has 1 aliphatic rings. The SMILES string of the molecule is CC1CCC(Nc2nc(N)ncc2F)C1C. The van der Waals surface area contributed by atoms with Crippen LogP contribution in [0.5, 0.6) is 0 Å². The molecule has 0 bridgehead atoms. The first-order chi connectivity index (χ1) is 7.58. The molecule has 3 unspecified atom stereocenters. The van der Waals surface area contributed by atoms with Gasteiger partial charge in [-0.3, -0.25) is 0 Å². The van der Waals surface area contributed by atoms with Crippen molar-refractivity contribution in [2.24, 2.45) is 11.8 Å². The van der Waals surface area contributed by atoms with Crippen LogP contribution in [-0.2, 0) is 0 Å². The van der Waals surface area contributed by atoms with Crippen molar-refractivity contribution in [3.05, 3.63) is 12.0 Å². The van der Waals surface area contributed by atoms with E-state index < -0.39 is 5.82 Å². The van der Waals surface area contributed by atoms with Crippen molar-refractivity contribution >= 4 is 11.8 Å². The molecule has 1 heterocycles. The van der Waals surface area contributed by atoms with E-state index in [1.807, 2.05) is 0 Å². The molecule has 3 N–H and O–H groups in total. The summed E-state index contributed by atoms with van der Waals surface area (Å²) >= 11 is 0. The molecular weight excluding hydrogens is 207 g/mol. The molecule has 0 saturated heterocycles. The van der Waals surface area contributed by atoms with Gasteiger partial charge in [-0.25, -0.2) is 9.37 Å². The minimum absolute atomic E-state index is 0.0996. The van der Waals surface area contributed by atoms with E-state index in [1.54, 1.807) is 0 Å². The maximum absolute atomic E-state index is 13.4. The van der Waals surface area contributed by atoms with Crippen LogP contribution < -0.4 is 11.1 Å². The second-order valence-electron chi connectivity index (χ2n) is 4.59. The fraction of sp³-hybridized carbons (Fsp3) is 0.636. The summed E-state index contributed by atoms with van der Waals surface area (Å²) in [5.41, 5.74) is 5.43. The van der Waals surface area contributed by atoms with Crippen molar-refractivity contribution in [2.45, 2.75) is 32.7 Å². The molecule has 1 aromatic rings. The van der Waals surface area contributed by atoms with E-state index in [2.05, 4.69) is 29.1 Å². The Morgan fingerprint density at radius 1 is 1.44 bits per heavy atom. The number of nitrogens with two attached hydrogens (primary N) is 1. The van der Waals surface area contributed by atoms with E-state index in [0.717, 1.165) is 12.6 Å². The lowest BCUT2D eigenvalue weighted by Gasteiger charge is -2.20. The van der Waals surface area contributed by atoms with Crippen LogP contribution in [0.25, 0.3) is 0 Å². The number of hydrogen-bond acceptors (Lipinski definition) is 4. The Morgan fingerprint density at radius 3 is 2.81 bits per heavy atom. The zero-order valence-corrected chi connectivity index (χ0v) is 9.57. The van der Waals surface area contributed by atoms with Gasteiger partial charge in [-0.05, 0) is 24.7 Å². The van der Waals surface area contributed by atoms with E-state index in [1.165, 1.54) is 6.42 Å². The first-order valence-corrected chi connectivity index (χ1v) is 5.62. The molecule has 1 saturated carbocycles. The molecule has 0 aromatic carbocycles. The number of nitrogens with zero attached hydrogens (tertiary/aromatic N) is 2. The third-order valence-electron chi connectivity index (χ3n) is 3.55. The Hall–Kier alpha value is -1.39. The molecule has 1 aliphatic carbocycles. The van der Waals surface area contributed by atoms with Crippen molar-refractivity contribution in [2.75, 3.05) is 11.1 Å². The number of aromatic nitrogens is 2. The van der Waals surface area contributed by atoms with Crippen molar-refractivity contribution in [1.82, 2.24) is 9.97 Å². The second kappa shape index (κ2) is 4.23. The van der Waals surface area contributed by atoms with Gasteiger partial charge in [-0.15, -0.1) is 0 Å². The molecule has 0 radical (unpaired) electrons. The Labute approximate surface area is 94.5 Å². The average Bonchev–Trinajstić information content (AvgIpc) is 2.55. The quantitative estimate of drug-likeness (QED) is 0.807. The van der Waals surface area contributed by atoms with Gasteiger partial charge >= 0.3 is 0 Å². The summed E-state index contributed by atoms with van der Waals surface area (Å²) in [5.74, 6) is 1.07.